The molecule has 6 heteroatoms. The van der Waals surface area contributed by atoms with Gasteiger partial charge >= 0.3 is 0 Å². The highest BCUT2D eigenvalue weighted by Gasteiger charge is 2.18. The SMILES string of the molecule is COc1ccc(Cl)cc1NC(=O)CN1CCN[C@H](C)C1. The molecule has 1 atom stereocenters. The first-order valence-corrected chi connectivity index (χ1v) is 7.05. The van der Waals surface area contributed by atoms with Crippen molar-refractivity contribution in [3.05, 3.63) is 23.2 Å². The molecule has 1 aliphatic heterocycles. The van der Waals surface area contributed by atoms with E-state index in [9.17, 15) is 4.79 Å². The summed E-state index contributed by atoms with van der Waals surface area (Å²) in [6.07, 6.45) is 0. The Kier molecular flexibility index (Phi) is 5.23. The van der Waals surface area contributed by atoms with Crippen molar-refractivity contribution in [2.75, 3.05) is 38.6 Å². The predicted molar refractivity (Wildman–Crippen MR) is 80.5 cm³/mol. The number of carbonyl (C=O) groups is 1. The average molecular weight is 298 g/mol. The third kappa shape index (κ3) is 4.10. The zero-order chi connectivity index (χ0) is 14.5. The molecular formula is C14H20ClN3O2. The minimum absolute atomic E-state index is 0.0559. The molecule has 0 saturated carbocycles. The Morgan fingerprint density at radius 1 is 1.60 bits per heavy atom. The van der Waals surface area contributed by atoms with E-state index in [0.29, 0.717) is 29.0 Å². The summed E-state index contributed by atoms with van der Waals surface area (Å²) in [4.78, 5) is 14.2. The van der Waals surface area contributed by atoms with E-state index < -0.39 is 0 Å². The molecule has 1 fully saturated rings. The van der Waals surface area contributed by atoms with Gasteiger partial charge in [-0.15, -0.1) is 0 Å². The van der Waals surface area contributed by atoms with Gasteiger partial charge in [0.05, 0.1) is 19.3 Å². The smallest absolute Gasteiger partial charge is 0.238 e. The Balaban J connectivity index is 1.95. The van der Waals surface area contributed by atoms with Crippen LogP contribution in [0.15, 0.2) is 18.2 Å². The fourth-order valence-electron chi connectivity index (χ4n) is 2.33. The fraction of sp³-hybridized carbons (Fsp3) is 0.500. The Labute approximate surface area is 124 Å². The summed E-state index contributed by atoms with van der Waals surface area (Å²) < 4.78 is 5.21. The minimum Gasteiger partial charge on any atom is -0.495 e. The number of carbonyl (C=O) groups excluding carboxylic acids is 1. The molecule has 0 bridgehead atoms. The molecule has 1 aliphatic rings. The van der Waals surface area contributed by atoms with Crippen LogP contribution >= 0.6 is 11.6 Å². The largest absolute Gasteiger partial charge is 0.495 e. The third-order valence-corrected chi connectivity index (χ3v) is 3.49. The first-order valence-electron chi connectivity index (χ1n) is 6.67. The normalized spacial score (nSPS) is 19.6. The van der Waals surface area contributed by atoms with Gasteiger partial charge in [0.25, 0.3) is 0 Å². The van der Waals surface area contributed by atoms with E-state index in [4.69, 9.17) is 16.3 Å². The molecule has 0 radical (unpaired) electrons. The van der Waals surface area contributed by atoms with E-state index >= 15 is 0 Å². The summed E-state index contributed by atoms with van der Waals surface area (Å²) >= 11 is 5.94. The lowest BCUT2D eigenvalue weighted by atomic mass is 10.2. The lowest BCUT2D eigenvalue weighted by molar-refractivity contribution is -0.117. The minimum atomic E-state index is -0.0559. The summed E-state index contributed by atoms with van der Waals surface area (Å²) in [5, 5.41) is 6.77. The van der Waals surface area contributed by atoms with Gasteiger partial charge in [-0.25, -0.2) is 0 Å². The number of amides is 1. The van der Waals surface area contributed by atoms with Crippen LogP contribution in [0.1, 0.15) is 6.92 Å². The zero-order valence-electron chi connectivity index (χ0n) is 11.8. The van der Waals surface area contributed by atoms with Crippen LogP contribution in [-0.4, -0.2) is 50.1 Å². The number of hydrogen-bond donors (Lipinski definition) is 2. The predicted octanol–water partition coefficient (Wildman–Crippen LogP) is 1.58. The number of piperazine rings is 1. The van der Waals surface area contributed by atoms with Crippen LogP contribution in [-0.2, 0) is 4.79 Å². The summed E-state index contributed by atoms with van der Waals surface area (Å²) in [5.41, 5.74) is 0.605. The van der Waals surface area contributed by atoms with Crippen molar-refractivity contribution in [3.8, 4) is 5.75 Å². The number of ether oxygens (including phenoxy) is 1. The first kappa shape index (κ1) is 15.1. The van der Waals surface area contributed by atoms with Crippen LogP contribution in [0, 0.1) is 0 Å². The molecule has 0 spiro atoms. The van der Waals surface area contributed by atoms with Crippen molar-refractivity contribution >= 4 is 23.2 Å². The Hall–Kier alpha value is -1.30. The Morgan fingerprint density at radius 2 is 2.40 bits per heavy atom. The fourth-order valence-corrected chi connectivity index (χ4v) is 2.50. The summed E-state index contributed by atoms with van der Waals surface area (Å²) in [6, 6.07) is 5.58. The van der Waals surface area contributed by atoms with E-state index in [0.717, 1.165) is 19.6 Å². The lowest BCUT2D eigenvalue weighted by Crippen LogP contribution is -2.51. The second-order valence-corrected chi connectivity index (χ2v) is 5.42. The number of halogens is 1. The van der Waals surface area contributed by atoms with Gasteiger partial charge in [0.15, 0.2) is 0 Å². The van der Waals surface area contributed by atoms with E-state index in [1.165, 1.54) is 0 Å². The quantitative estimate of drug-likeness (QED) is 0.886. The molecule has 20 heavy (non-hydrogen) atoms. The van der Waals surface area contributed by atoms with Crippen molar-refractivity contribution in [1.82, 2.24) is 10.2 Å². The molecule has 0 unspecified atom stereocenters. The average Bonchev–Trinajstić information content (AvgIpc) is 2.38. The number of rotatable bonds is 4. The number of methoxy groups -OCH3 is 1. The maximum absolute atomic E-state index is 12.1. The van der Waals surface area contributed by atoms with Crippen molar-refractivity contribution < 1.29 is 9.53 Å². The number of nitrogens with one attached hydrogen (secondary N) is 2. The van der Waals surface area contributed by atoms with Gasteiger partial charge < -0.3 is 15.4 Å². The van der Waals surface area contributed by atoms with Crippen LogP contribution in [0.25, 0.3) is 0 Å². The molecule has 2 rings (SSSR count). The first-order chi connectivity index (χ1) is 9.58. The molecule has 0 aliphatic carbocycles. The number of anilines is 1. The summed E-state index contributed by atoms with van der Waals surface area (Å²) in [6.45, 7) is 5.16. The van der Waals surface area contributed by atoms with Gasteiger partial charge in [-0.3, -0.25) is 9.69 Å². The van der Waals surface area contributed by atoms with Crippen LogP contribution in [0.5, 0.6) is 5.75 Å². The van der Waals surface area contributed by atoms with E-state index in [2.05, 4.69) is 22.5 Å². The maximum atomic E-state index is 12.1. The van der Waals surface area contributed by atoms with Gasteiger partial charge in [0.1, 0.15) is 5.75 Å². The van der Waals surface area contributed by atoms with Crippen LogP contribution in [0.4, 0.5) is 5.69 Å². The van der Waals surface area contributed by atoms with E-state index in [1.807, 2.05) is 0 Å². The Morgan fingerprint density at radius 3 is 3.10 bits per heavy atom. The van der Waals surface area contributed by atoms with Crippen molar-refractivity contribution in [2.24, 2.45) is 0 Å². The van der Waals surface area contributed by atoms with Crippen LogP contribution < -0.4 is 15.4 Å². The van der Waals surface area contributed by atoms with Crippen molar-refractivity contribution in [1.29, 1.82) is 0 Å². The maximum Gasteiger partial charge on any atom is 0.238 e. The molecule has 1 aromatic carbocycles. The lowest BCUT2D eigenvalue weighted by Gasteiger charge is -2.31. The molecule has 2 N–H and O–H groups in total. The second-order valence-electron chi connectivity index (χ2n) is 4.98. The molecule has 1 saturated heterocycles. The van der Waals surface area contributed by atoms with E-state index in [-0.39, 0.29) is 5.91 Å². The standard InChI is InChI=1S/C14H20ClN3O2/c1-10-8-18(6-5-16-10)9-14(19)17-12-7-11(15)3-4-13(12)20-2/h3-4,7,10,16H,5-6,8-9H2,1-2H3,(H,17,19)/t10-/m1/s1. The Bertz CT molecular complexity index is 481. The van der Waals surface area contributed by atoms with E-state index in [1.54, 1.807) is 25.3 Å². The topological polar surface area (TPSA) is 53.6 Å². The molecule has 1 amide bonds. The van der Waals surface area contributed by atoms with Gasteiger partial charge in [-0.1, -0.05) is 11.6 Å². The third-order valence-electron chi connectivity index (χ3n) is 3.26. The highest BCUT2D eigenvalue weighted by molar-refractivity contribution is 6.31. The highest BCUT2D eigenvalue weighted by Crippen LogP contribution is 2.27. The molecule has 1 aromatic rings. The molecule has 0 aromatic heterocycles. The van der Waals surface area contributed by atoms with Crippen LogP contribution in [0.2, 0.25) is 5.02 Å². The van der Waals surface area contributed by atoms with Crippen LogP contribution in [0.3, 0.4) is 0 Å². The number of benzene rings is 1. The zero-order valence-corrected chi connectivity index (χ0v) is 12.5. The molecule has 5 nitrogen and oxygen atoms in total. The monoisotopic (exact) mass is 297 g/mol. The molecule has 1 heterocycles. The van der Waals surface area contributed by atoms with Gasteiger partial charge in [0.2, 0.25) is 5.91 Å². The second kappa shape index (κ2) is 6.92. The summed E-state index contributed by atoms with van der Waals surface area (Å²) in [5.74, 6) is 0.552. The molecule has 110 valence electrons. The molecular weight excluding hydrogens is 278 g/mol. The highest BCUT2D eigenvalue weighted by atomic mass is 35.5. The number of nitrogens with zero attached hydrogens (tertiary/aromatic N) is 1. The van der Waals surface area contributed by atoms with Gasteiger partial charge in [0, 0.05) is 30.7 Å². The summed E-state index contributed by atoms with van der Waals surface area (Å²) in [7, 11) is 1.57. The van der Waals surface area contributed by atoms with Crippen molar-refractivity contribution in [3.63, 3.8) is 0 Å². The number of hydrogen-bond acceptors (Lipinski definition) is 4. The van der Waals surface area contributed by atoms with Gasteiger partial charge in [-0.2, -0.15) is 0 Å². The van der Waals surface area contributed by atoms with Crippen molar-refractivity contribution in [2.45, 2.75) is 13.0 Å². The van der Waals surface area contributed by atoms with Gasteiger partial charge in [-0.05, 0) is 25.1 Å².